The van der Waals surface area contributed by atoms with Crippen molar-refractivity contribution in [3.8, 4) is 17.1 Å². The summed E-state index contributed by atoms with van der Waals surface area (Å²) in [6.07, 6.45) is -7.46. The Labute approximate surface area is 208 Å². The first kappa shape index (κ1) is 26.6. The summed E-state index contributed by atoms with van der Waals surface area (Å²) in [5.74, 6) is 0. The molecule has 0 radical (unpaired) electrons. The van der Waals surface area contributed by atoms with Crippen molar-refractivity contribution in [3.63, 3.8) is 0 Å². The van der Waals surface area contributed by atoms with Gasteiger partial charge in [-0.1, -0.05) is 25.1 Å². The first-order valence-electron chi connectivity index (χ1n) is 11.0. The van der Waals surface area contributed by atoms with Crippen molar-refractivity contribution in [3.05, 3.63) is 72.1 Å². The average Bonchev–Trinajstić information content (AvgIpc) is 3.17. The summed E-state index contributed by atoms with van der Waals surface area (Å²) in [4.78, 5) is 7.77. The molecule has 0 fully saturated rings. The van der Waals surface area contributed by atoms with E-state index in [1.165, 1.54) is 6.07 Å². The van der Waals surface area contributed by atoms with E-state index in [2.05, 4.69) is 9.97 Å². The highest BCUT2D eigenvalue weighted by Gasteiger charge is 2.39. The van der Waals surface area contributed by atoms with E-state index in [4.69, 9.17) is 0 Å². The van der Waals surface area contributed by atoms with Gasteiger partial charge in [0.25, 0.3) is 0 Å². The molecule has 3 aromatic heterocycles. The van der Waals surface area contributed by atoms with Gasteiger partial charge in [-0.2, -0.15) is 31.1 Å². The third-order valence-corrected chi connectivity index (χ3v) is 7.25. The van der Waals surface area contributed by atoms with E-state index in [0.29, 0.717) is 30.3 Å². The fourth-order valence-electron chi connectivity index (χ4n) is 3.88. The van der Waals surface area contributed by atoms with Crippen LogP contribution in [0.5, 0.6) is 0 Å². The summed E-state index contributed by atoms with van der Waals surface area (Å²) in [6, 6.07) is 9.75. The largest absolute Gasteiger partial charge is 0.417 e. The smallest absolute Gasteiger partial charge is 0.292 e. The Hall–Kier alpha value is -3.45. The number of para-hydroxylation sites is 1. The Balaban J connectivity index is 1.90. The number of halogens is 6. The van der Waals surface area contributed by atoms with Crippen molar-refractivity contribution in [2.45, 2.75) is 43.6 Å². The molecule has 4 rings (SSSR count). The molecular formula is C24H20F6N4O2S. The van der Waals surface area contributed by atoms with Gasteiger partial charge >= 0.3 is 12.4 Å². The Morgan fingerprint density at radius 3 is 2.19 bits per heavy atom. The first-order valence-corrected chi connectivity index (χ1v) is 12.4. The van der Waals surface area contributed by atoms with Crippen LogP contribution in [0.4, 0.5) is 26.3 Å². The summed E-state index contributed by atoms with van der Waals surface area (Å²) >= 11 is 0. The molecule has 6 nitrogen and oxygen atoms in total. The molecule has 3 heterocycles. The number of pyridine rings is 2. The SMILES string of the molecule is CCc1c(-c2ccc(S(=O)(=O)NC(C)C(F)(F)F)cn2)n(-c2ccccc2)c2ncc(C(F)(F)F)cc12. The number of rotatable bonds is 6. The van der Waals surface area contributed by atoms with Crippen LogP contribution in [0.25, 0.3) is 28.1 Å². The highest BCUT2D eigenvalue weighted by atomic mass is 32.2. The fourth-order valence-corrected chi connectivity index (χ4v) is 5.06. The zero-order valence-corrected chi connectivity index (χ0v) is 20.2. The van der Waals surface area contributed by atoms with Crippen molar-refractivity contribution >= 4 is 21.1 Å². The maximum atomic E-state index is 13.4. The predicted molar refractivity (Wildman–Crippen MR) is 125 cm³/mol. The zero-order chi connectivity index (χ0) is 27.2. The van der Waals surface area contributed by atoms with Crippen LogP contribution in [-0.4, -0.2) is 35.2 Å². The van der Waals surface area contributed by atoms with Crippen LogP contribution in [-0.2, 0) is 22.6 Å². The molecule has 37 heavy (non-hydrogen) atoms. The van der Waals surface area contributed by atoms with Gasteiger partial charge in [0.15, 0.2) is 0 Å². The van der Waals surface area contributed by atoms with Crippen LogP contribution in [0.1, 0.15) is 25.0 Å². The fraction of sp³-hybridized carbons (Fsp3) is 0.250. The lowest BCUT2D eigenvalue weighted by Crippen LogP contribution is -2.42. The number of aryl methyl sites for hydroxylation is 1. The molecule has 0 saturated heterocycles. The number of nitrogens with zero attached hydrogens (tertiary/aromatic N) is 3. The summed E-state index contributed by atoms with van der Waals surface area (Å²) < 4.78 is 107. The quantitative estimate of drug-likeness (QED) is 0.308. The minimum atomic E-state index is -4.78. The minimum absolute atomic E-state index is 0.204. The van der Waals surface area contributed by atoms with E-state index in [1.54, 1.807) is 46.5 Å². The molecule has 0 aliphatic rings. The Morgan fingerprint density at radius 2 is 1.65 bits per heavy atom. The van der Waals surface area contributed by atoms with Crippen LogP contribution >= 0.6 is 0 Å². The molecule has 0 aliphatic heterocycles. The number of nitrogens with one attached hydrogen (secondary N) is 1. The third kappa shape index (κ3) is 5.18. The Kier molecular flexibility index (Phi) is 6.80. The third-order valence-electron chi connectivity index (χ3n) is 5.72. The van der Waals surface area contributed by atoms with E-state index >= 15 is 0 Å². The Morgan fingerprint density at radius 1 is 0.973 bits per heavy atom. The molecule has 1 unspecified atom stereocenters. The van der Waals surface area contributed by atoms with Gasteiger partial charge in [0.1, 0.15) is 16.6 Å². The second kappa shape index (κ2) is 9.45. The number of aromatic nitrogens is 3. The number of hydrogen-bond donors (Lipinski definition) is 1. The summed E-state index contributed by atoms with van der Waals surface area (Å²) in [6.45, 7) is 2.42. The molecule has 0 bridgehead atoms. The Bertz CT molecular complexity index is 1530. The molecule has 196 valence electrons. The van der Waals surface area contributed by atoms with Crippen molar-refractivity contribution in [2.75, 3.05) is 0 Å². The monoisotopic (exact) mass is 542 g/mol. The summed E-state index contributed by atoms with van der Waals surface area (Å²) in [7, 11) is -4.54. The lowest BCUT2D eigenvalue weighted by molar-refractivity contribution is -0.147. The lowest BCUT2D eigenvalue weighted by Gasteiger charge is -2.17. The van der Waals surface area contributed by atoms with Crippen LogP contribution < -0.4 is 4.72 Å². The van der Waals surface area contributed by atoms with E-state index < -0.39 is 38.9 Å². The maximum absolute atomic E-state index is 13.4. The first-order chi connectivity index (χ1) is 17.2. The maximum Gasteiger partial charge on any atom is 0.417 e. The van der Waals surface area contributed by atoms with Crippen molar-refractivity contribution in [1.29, 1.82) is 0 Å². The van der Waals surface area contributed by atoms with Crippen LogP contribution in [0.2, 0.25) is 0 Å². The number of alkyl halides is 6. The van der Waals surface area contributed by atoms with E-state index in [0.717, 1.165) is 24.5 Å². The minimum Gasteiger partial charge on any atom is -0.292 e. The number of fused-ring (bicyclic) bond motifs is 1. The molecule has 4 aromatic rings. The van der Waals surface area contributed by atoms with Crippen molar-refractivity contribution in [2.24, 2.45) is 0 Å². The average molecular weight is 543 g/mol. The highest BCUT2D eigenvalue weighted by Crippen LogP contribution is 2.38. The molecule has 1 aromatic carbocycles. The van der Waals surface area contributed by atoms with Gasteiger partial charge in [-0.15, -0.1) is 0 Å². The van der Waals surface area contributed by atoms with Gasteiger partial charge in [-0.3, -0.25) is 9.55 Å². The standard InChI is InChI=1S/C24H20F6N4O2S/c1-3-18-19-11-15(24(28,29)30)12-32-22(19)34(16-7-5-4-6-8-16)21(18)20-10-9-17(13-31-20)37(35,36)33-14(2)23(25,26)27/h4-14,33H,3H2,1-2H3. The highest BCUT2D eigenvalue weighted by molar-refractivity contribution is 7.89. The molecule has 1 N–H and O–H groups in total. The molecule has 0 amide bonds. The van der Waals surface area contributed by atoms with Crippen molar-refractivity contribution in [1.82, 2.24) is 19.3 Å². The summed E-state index contributed by atoms with van der Waals surface area (Å²) in [5.41, 5.74) is 0.972. The van der Waals surface area contributed by atoms with E-state index in [-0.39, 0.29) is 16.7 Å². The molecule has 0 saturated carbocycles. The number of benzene rings is 1. The number of sulfonamides is 1. The van der Waals surface area contributed by atoms with Gasteiger partial charge in [0, 0.05) is 23.5 Å². The second-order valence-electron chi connectivity index (χ2n) is 8.21. The number of hydrogen-bond acceptors (Lipinski definition) is 4. The molecule has 1 atom stereocenters. The van der Waals surface area contributed by atoms with Gasteiger partial charge in [-0.25, -0.2) is 13.4 Å². The van der Waals surface area contributed by atoms with E-state index in [9.17, 15) is 34.8 Å². The van der Waals surface area contributed by atoms with Gasteiger partial charge in [0.05, 0.1) is 17.0 Å². The molecule has 0 aliphatic carbocycles. The second-order valence-corrected chi connectivity index (χ2v) is 9.92. The van der Waals surface area contributed by atoms with Crippen molar-refractivity contribution < 1.29 is 34.8 Å². The summed E-state index contributed by atoms with van der Waals surface area (Å²) in [5, 5.41) is 0.246. The van der Waals surface area contributed by atoms with Crippen LogP contribution in [0.3, 0.4) is 0 Å². The topological polar surface area (TPSA) is 76.9 Å². The van der Waals surface area contributed by atoms with Gasteiger partial charge in [-0.05, 0) is 49.2 Å². The normalized spacial score (nSPS) is 13.7. The predicted octanol–water partition coefficient (Wildman–Crippen LogP) is 5.90. The van der Waals surface area contributed by atoms with Gasteiger partial charge < -0.3 is 0 Å². The van der Waals surface area contributed by atoms with Gasteiger partial charge in [0.2, 0.25) is 10.0 Å². The van der Waals surface area contributed by atoms with Crippen LogP contribution in [0.15, 0.2) is 65.8 Å². The molecule has 13 heteroatoms. The zero-order valence-electron chi connectivity index (χ0n) is 19.4. The molecule has 0 spiro atoms. The lowest BCUT2D eigenvalue weighted by atomic mass is 10.1. The molecular weight excluding hydrogens is 522 g/mol. The van der Waals surface area contributed by atoms with E-state index in [1.807, 2.05) is 0 Å². The van der Waals surface area contributed by atoms with Crippen LogP contribution in [0, 0.1) is 0 Å².